The minimum Gasteiger partial charge on any atom is -0.372 e. The molecule has 3 aromatic rings. The summed E-state index contributed by atoms with van der Waals surface area (Å²) in [7, 11) is 1.92. The van der Waals surface area contributed by atoms with Gasteiger partial charge in [-0.1, -0.05) is 6.07 Å². The van der Waals surface area contributed by atoms with Gasteiger partial charge in [0.05, 0.1) is 23.8 Å². The number of anilines is 1. The van der Waals surface area contributed by atoms with Crippen molar-refractivity contribution in [3.8, 4) is 0 Å². The predicted molar refractivity (Wildman–Crippen MR) is 95.3 cm³/mol. The van der Waals surface area contributed by atoms with Crippen LogP contribution in [0.2, 0.25) is 0 Å². The minimum absolute atomic E-state index is 0.191. The zero-order chi connectivity index (χ0) is 17.2. The van der Waals surface area contributed by atoms with Crippen molar-refractivity contribution >= 4 is 16.9 Å². The average molecular weight is 338 g/mol. The molecule has 0 amide bonds. The molecule has 3 aromatic heterocycles. The maximum Gasteiger partial charge on any atom is 0.163 e. The third kappa shape index (κ3) is 3.19. The number of ether oxygens (including phenoxy) is 1. The molecular formula is C18H22N6O. The standard InChI is InChI=1S/C18H22N6O/c1-13-16-17(23(2)22-13)20-12-21-18(16)24-8-4-6-15(10-24)25-11-14-5-3-7-19-9-14/h3,5,7,9,12,15H,4,6,8,10-11H2,1-2H3/t15-/m1/s1. The Morgan fingerprint density at radius 2 is 2.24 bits per heavy atom. The van der Waals surface area contributed by atoms with Crippen LogP contribution in [0.15, 0.2) is 30.9 Å². The molecule has 7 nitrogen and oxygen atoms in total. The number of rotatable bonds is 4. The molecule has 1 fully saturated rings. The molecule has 0 aliphatic carbocycles. The van der Waals surface area contributed by atoms with Gasteiger partial charge in [0.1, 0.15) is 12.1 Å². The van der Waals surface area contributed by atoms with Crippen molar-refractivity contribution in [1.29, 1.82) is 0 Å². The zero-order valence-corrected chi connectivity index (χ0v) is 14.6. The fraction of sp³-hybridized carbons (Fsp3) is 0.444. The molecule has 0 saturated carbocycles. The lowest BCUT2D eigenvalue weighted by Crippen LogP contribution is -2.40. The molecule has 7 heteroatoms. The third-order valence-electron chi connectivity index (χ3n) is 4.66. The molecule has 4 heterocycles. The Balaban J connectivity index is 1.52. The number of pyridine rings is 1. The van der Waals surface area contributed by atoms with Crippen molar-refractivity contribution in [2.24, 2.45) is 7.05 Å². The molecule has 1 aliphatic rings. The monoisotopic (exact) mass is 338 g/mol. The first-order valence-electron chi connectivity index (χ1n) is 8.62. The fourth-order valence-electron chi connectivity index (χ4n) is 3.46. The van der Waals surface area contributed by atoms with Gasteiger partial charge < -0.3 is 9.64 Å². The highest BCUT2D eigenvalue weighted by Gasteiger charge is 2.24. The maximum absolute atomic E-state index is 6.12. The second-order valence-corrected chi connectivity index (χ2v) is 6.49. The Hall–Kier alpha value is -2.54. The second-order valence-electron chi connectivity index (χ2n) is 6.49. The summed E-state index contributed by atoms with van der Waals surface area (Å²) in [5, 5.41) is 5.53. The van der Waals surface area contributed by atoms with E-state index < -0.39 is 0 Å². The molecule has 1 atom stereocenters. The van der Waals surface area contributed by atoms with E-state index in [-0.39, 0.29) is 6.10 Å². The van der Waals surface area contributed by atoms with Gasteiger partial charge >= 0.3 is 0 Å². The Morgan fingerprint density at radius 3 is 3.08 bits per heavy atom. The van der Waals surface area contributed by atoms with Gasteiger partial charge in [-0.05, 0) is 31.4 Å². The highest BCUT2D eigenvalue weighted by atomic mass is 16.5. The molecule has 0 radical (unpaired) electrons. The van der Waals surface area contributed by atoms with Gasteiger partial charge in [0, 0.05) is 32.5 Å². The maximum atomic E-state index is 6.12. The van der Waals surface area contributed by atoms with E-state index >= 15 is 0 Å². The number of hydrogen-bond donors (Lipinski definition) is 0. The van der Waals surface area contributed by atoms with Crippen molar-refractivity contribution in [3.63, 3.8) is 0 Å². The molecule has 0 N–H and O–H groups in total. The summed E-state index contributed by atoms with van der Waals surface area (Å²) >= 11 is 0. The number of fused-ring (bicyclic) bond motifs is 1. The molecule has 4 rings (SSSR count). The first-order valence-corrected chi connectivity index (χ1v) is 8.62. The minimum atomic E-state index is 0.191. The van der Waals surface area contributed by atoms with Crippen LogP contribution >= 0.6 is 0 Å². The molecule has 0 spiro atoms. The van der Waals surface area contributed by atoms with Crippen LogP contribution in [0.5, 0.6) is 0 Å². The highest BCUT2D eigenvalue weighted by molar-refractivity contribution is 5.89. The number of hydrogen-bond acceptors (Lipinski definition) is 6. The zero-order valence-electron chi connectivity index (χ0n) is 14.6. The van der Waals surface area contributed by atoms with Gasteiger partial charge in [0.15, 0.2) is 5.65 Å². The average Bonchev–Trinajstić information content (AvgIpc) is 2.95. The van der Waals surface area contributed by atoms with Gasteiger partial charge in [-0.15, -0.1) is 0 Å². The van der Waals surface area contributed by atoms with Gasteiger partial charge in [0.25, 0.3) is 0 Å². The molecule has 1 saturated heterocycles. The topological polar surface area (TPSA) is 69.0 Å². The summed E-state index contributed by atoms with van der Waals surface area (Å²) in [6, 6.07) is 3.98. The Kier molecular flexibility index (Phi) is 4.31. The van der Waals surface area contributed by atoms with Crippen LogP contribution in [0, 0.1) is 6.92 Å². The lowest BCUT2D eigenvalue weighted by atomic mass is 10.1. The smallest absolute Gasteiger partial charge is 0.163 e. The summed E-state index contributed by atoms with van der Waals surface area (Å²) in [6.07, 6.45) is 7.60. The van der Waals surface area contributed by atoms with Gasteiger partial charge in [-0.2, -0.15) is 5.10 Å². The summed E-state index contributed by atoms with van der Waals surface area (Å²) in [5.74, 6) is 0.963. The molecule has 0 aromatic carbocycles. The molecule has 0 bridgehead atoms. The van der Waals surface area contributed by atoms with Crippen LogP contribution in [-0.4, -0.2) is 43.9 Å². The van der Waals surface area contributed by atoms with E-state index in [0.29, 0.717) is 6.61 Å². The summed E-state index contributed by atoms with van der Waals surface area (Å²) in [6.45, 7) is 4.42. The normalized spacial score (nSPS) is 18.0. The number of aromatic nitrogens is 5. The van der Waals surface area contributed by atoms with Crippen LogP contribution in [0.25, 0.3) is 11.0 Å². The van der Waals surface area contributed by atoms with Crippen molar-refractivity contribution < 1.29 is 4.74 Å². The lowest BCUT2D eigenvalue weighted by Gasteiger charge is -2.33. The van der Waals surface area contributed by atoms with E-state index in [9.17, 15) is 0 Å². The summed E-state index contributed by atoms with van der Waals surface area (Å²) < 4.78 is 7.94. The van der Waals surface area contributed by atoms with Crippen LogP contribution in [0.1, 0.15) is 24.1 Å². The highest BCUT2D eigenvalue weighted by Crippen LogP contribution is 2.28. The van der Waals surface area contributed by atoms with Gasteiger partial charge in [-0.25, -0.2) is 9.97 Å². The fourth-order valence-corrected chi connectivity index (χ4v) is 3.46. The molecule has 1 aliphatic heterocycles. The predicted octanol–water partition coefficient (Wildman–Crippen LogP) is 2.25. The van der Waals surface area contributed by atoms with Crippen molar-refractivity contribution in [3.05, 3.63) is 42.1 Å². The first-order chi connectivity index (χ1) is 12.2. The molecule has 25 heavy (non-hydrogen) atoms. The largest absolute Gasteiger partial charge is 0.372 e. The van der Waals surface area contributed by atoms with Crippen LogP contribution in [0.4, 0.5) is 5.82 Å². The van der Waals surface area contributed by atoms with E-state index in [4.69, 9.17) is 4.74 Å². The lowest BCUT2D eigenvalue weighted by molar-refractivity contribution is 0.0313. The van der Waals surface area contributed by atoms with Crippen LogP contribution < -0.4 is 4.90 Å². The summed E-state index contributed by atoms with van der Waals surface area (Å²) in [4.78, 5) is 15.4. The first kappa shape index (κ1) is 16.0. The Morgan fingerprint density at radius 1 is 1.32 bits per heavy atom. The summed E-state index contributed by atoms with van der Waals surface area (Å²) in [5.41, 5.74) is 2.94. The van der Waals surface area contributed by atoms with E-state index in [1.165, 1.54) is 0 Å². The van der Waals surface area contributed by atoms with Crippen LogP contribution in [-0.2, 0) is 18.4 Å². The van der Waals surface area contributed by atoms with E-state index in [2.05, 4.69) is 25.0 Å². The van der Waals surface area contributed by atoms with Crippen molar-refractivity contribution in [2.45, 2.75) is 32.5 Å². The van der Waals surface area contributed by atoms with Crippen molar-refractivity contribution in [2.75, 3.05) is 18.0 Å². The molecular weight excluding hydrogens is 316 g/mol. The molecule has 0 unspecified atom stereocenters. The van der Waals surface area contributed by atoms with Crippen molar-refractivity contribution in [1.82, 2.24) is 24.7 Å². The van der Waals surface area contributed by atoms with Gasteiger partial charge in [0.2, 0.25) is 0 Å². The van der Waals surface area contributed by atoms with Gasteiger partial charge in [-0.3, -0.25) is 9.67 Å². The van der Waals surface area contributed by atoms with E-state index in [1.54, 1.807) is 12.5 Å². The number of nitrogens with zero attached hydrogens (tertiary/aromatic N) is 6. The van der Waals surface area contributed by atoms with E-state index in [0.717, 1.165) is 54.0 Å². The number of piperidine rings is 1. The molecule has 130 valence electrons. The van der Waals surface area contributed by atoms with E-state index in [1.807, 2.05) is 37.0 Å². The third-order valence-corrected chi connectivity index (χ3v) is 4.66. The quantitative estimate of drug-likeness (QED) is 0.727. The second kappa shape index (κ2) is 6.76. The SMILES string of the molecule is Cc1nn(C)c2ncnc(N3CCC[C@@H](OCc4cccnc4)C3)c12. The van der Waals surface area contributed by atoms with Crippen LogP contribution in [0.3, 0.4) is 0 Å². The number of aryl methyl sites for hydroxylation is 2. The Bertz CT molecular complexity index is 863. The Labute approximate surface area is 146 Å².